The lowest BCUT2D eigenvalue weighted by Crippen LogP contribution is -2.50. The van der Waals surface area contributed by atoms with Crippen molar-refractivity contribution in [3.05, 3.63) is 29.8 Å². The summed E-state index contributed by atoms with van der Waals surface area (Å²) in [5.74, 6) is 0.000653. The van der Waals surface area contributed by atoms with E-state index in [0.29, 0.717) is 13.0 Å². The summed E-state index contributed by atoms with van der Waals surface area (Å²) in [6, 6.07) is 5.76. The van der Waals surface area contributed by atoms with Gasteiger partial charge in [-0.1, -0.05) is 41.9 Å². The zero-order valence-corrected chi connectivity index (χ0v) is 21.1. The summed E-state index contributed by atoms with van der Waals surface area (Å²) in [4.78, 5) is 18.6. The summed E-state index contributed by atoms with van der Waals surface area (Å²) in [5, 5.41) is 13.7. The number of hydrogen-bond acceptors (Lipinski definition) is 8. The minimum absolute atomic E-state index is 0.000653. The van der Waals surface area contributed by atoms with Crippen molar-refractivity contribution in [1.29, 1.82) is 0 Å². The van der Waals surface area contributed by atoms with Gasteiger partial charge in [-0.2, -0.15) is 0 Å². The molecule has 4 rings (SSSR count). The Labute approximate surface area is 206 Å². The Morgan fingerprint density at radius 2 is 1.91 bits per heavy atom. The van der Waals surface area contributed by atoms with E-state index in [4.69, 9.17) is 19.0 Å². The van der Waals surface area contributed by atoms with Gasteiger partial charge in [0.05, 0.1) is 48.8 Å². The summed E-state index contributed by atoms with van der Waals surface area (Å²) >= 11 is 0. The van der Waals surface area contributed by atoms with Crippen molar-refractivity contribution in [3.8, 4) is 0 Å². The second-order valence-electron chi connectivity index (χ2n) is 9.51. The molecule has 2 N–H and O–H groups in total. The first-order valence-corrected chi connectivity index (χ1v) is 13.9. The smallest absolute Gasteiger partial charge is 0.407 e. The SMILES string of the molecule is CCC(NC(=O)O[C@H]1CO[C@H]2OCC[C@H]21)[C@H](O)CN(OC1CCCC1)S(=O)(=O)c1ccc(C)cc1. The van der Waals surface area contributed by atoms with Gasteiger partial charge in [-0.3, -0.25) is 4.84 Å². The summed E-state index contributed by atoms with van der Waals surface area (Å²) < 4.78 is 44.2. The molecule has 1 aromatic rings. The van der Waals surface area contributed by atoms with E-state index in [-0.39, 0.29) is 36.4 Å². The lowest BCUT2D eigenvalue weighted by Gasteiger charge is -2.30. The van der Waals surface area contributed by atoms with Crippen molar-refractivity contribution >= 4 is 16.1 Å². The first-order valence-electron chi connectivity index (χ1n) is 12.4. The van der Waals surface area contributed by atoms with E-state index in [9.17, 15) is 18.3 Å². The van der Waals surface area contributed by atoms with Gasteiger partial charge in [0.2, 0.25) is 0 Å². The van der Waals surface area contributed by atoms with Gasteiger partial charge in [-0.25, -0.2) is 13.2 Å². The fraction of sp³-hybridized carbons (Fsp3) is 0.708. The molecule has 2 aliphatic heterocycles. The summed E-state index contributed by atoms with van der Waals surface area (Å²) in [7, 11) is -4.02. The molecule has 2 saturated heterocycles. The van der Waals surface area contributed by atoms with Gasteiger partial charge in [-0.15, -0.1) is 0 Å². The van der Waals surface area contributed by atoms with Crippen LogP contribution in [0.4, 0.5) is 4.79 Å². The maximum atomic E-state index is 13.4. The van der Waals surface area contributed by atoms with Gasteiger partial charge in [0.25, 0.3) is 10.0 Å². The molecule has 1 aromatic carbocycles. The molecule has 1 saturated carbocycles. The molecular formula is C24H36N2O8S. The number of carbonyl (C=O) groups excluding carboxylic acids is 1. The number of aliphatic hydroxyl groups is 1. The number of ether oxygens (including phenoxy) is 3. The van der Waals surface area contributed by atoms with Crippen molar-refractivity contribution in [2.75, 3.05) is 19.8 Å². The van der Waals surface area contributed by atoms with Crippen molar-refractivity contribution in [2.45, 2.75) is 87.9 Å². The third kappa shape index (κ3) is 6.33. The number of aliphatic hydroxyl groups excluding tert-OH is 1. The molecule has 1 unspecified atom stereocenters. The van der Waals surface area contributed by atoms with E-state index < -0.39 is 34.4 Å². The van der Waals surface area contributed by atoms with Crippen LogP contribution < -0.4 is 5.32 Å². The number of carbonyl (C=O) groups is 1. The third-order valence-electron chi connectivity index (χ3n) is 6.94. The Kier molecular flexibility index (Phi) is 8.67. The quantitative estimate of drug-likeness (QED) is 0.459. The van der Waals surface area contributed by atoms with Gasteiger partial charge in [0.1, 0.15) is 6.10 Å². The van der Waals surface area contributed by atoms with Crippen LogP contribution in [0.15, 0.2) is 29.2 Å². The van der Waals surface area contributed by atoms with Crippen molar-refractivity contribution in [2.24, 2.45) is 5.92 Å². The Bertz CT molecular complexity index is 951. The molecule has 5 atom stereocenters. The third-order valence-corrected chi connectivity index (χ3v) is 8.58. The number of alkyl carbamates (subject to hydrolysis) is 1. The van der Waals surface area contributed by atoms with Crippen LogP contribution in [0.5, 0.6) is 0 Å². The molecule has 3 aliphatic rings. The Balaban J connectivity index is 1.41. The van der Waals surface area contributed by atoms with Crippen LogP contribution in [0, 0.1) is 12.8 Å². The molecule has 1 amide bonds. The summed E-state index contributed by atoms with van der Waals surface area (Å²) in [5.41, 5.74) is 0.934. The van der Waals surface area contributed by atoms with E-state index in [2.05, 4.69) is 5.32 Å². The molecule has 10 nitrogen and oxygen atoms in total. The zero-order valence-electron chi connectivity index (χ0n) is 20.3. The fourth-order valence-corrected chi connectivity index (χ4v) is 6.11. The highest BCUT2D eigenvalue weighted by Crippen LogP contribution is 2.33. The van der Waals surface area contributed by atoms with E-state index in [1.807, 2.05) is 6.92 Å². The molecule has 196 valence electrons. The molecule has 2 heterocycles. The maximum absolute atomic E-state index is 13.4. The summed E-state index contributed by atoms with van der Waals surface area (Å²) in [6.45, 7) is 4.18. The number of hydroxylamine groups is 1. The van der Waals surface area contributed by atoms with Crippen LogP contribution in [0.2, 0.25) is 0 Å². The molecule has 35 heavy (non-hydrogen) atoms. The summed E-state index contributed by atoms with van der Waals surface area (Å²) in [6.07, 6.45) is 1.70. The maximum Gasteiger partial charge on any atom is 0.407 e. The average molecular weight is 513 g/mol. The van der Waals surface area contributed by atoms with Crippen LogP contribution in [0.1, 0.15) is 51.0 Å². The second kappa shape index (κ2) is 11.5. The molecule has 1 aliphatic carbocycles. The topological polar surface area (TPSA) is 124 Å². The minimum Gasteiger partial charge on any atom is -0.443 e. The number of sulfonamides is 1. The predicted octanol–water partition coefficient (Wildman–Crippen LogP) is 2.49. The molecular weight excluding hydrogens is 476 g/mol. The first-order chi connectivity index (χ1) is 16.8. The van der Waals surface area contributed by atoms with Crippen LogP contribution >= 0.6 is 0 Å². The molecule has 0 bridgehead atoms. The van der Waals surface area contributed by atoms with E-state index in [1.54, 1.807) is 19.1 Å². The number of fused-ring (bicyclic) bond motifs is 1. The number of nitrogens with zero attached hydrogens (tertiary/aromatic N) is 1. The van der Waals surface area contributed by atoms with Gasteiger partial charge < -0.3 is 24.6 Å². The van der Waals surface area contributed by atoms with Crippen molar-refractivity contribution in [3.63, 3.8) is 0 Å². The lowest BCUT2D eigenvalue weighted by molar-refractivity contribution is -0.145. The Morgan fingerprint density at radius 3 is 2.60 bits per heavy atom. The molecule has 0 aromatic heterocycles. The predicted molar refractivity (Wildman–Crippen MR) is 126 cm³/mol. The molecule has 3 fully saturated rings. The lowest BCUT2D eigenvalue weighted by atomic mass is 10.0. The number of amides is 1. The molecule has 11 heteroatoms. The number of rotatable bonds is 10. The van der Waals surface area contributed by atoms with Crippen LogP contribution in [-0.2, 0) is 29.1 Å². The standard InChI is InChI=1S/C24H36N2O8S/c1-3-20(25-24(28)33-22-15-32-23-19(22)12-13-31-23)21(27)14-26(34-17-6-4-5-7-17)35(29,30)18-10-8-16(2)9-11-18/h8-11,17,19-23,27H,3-7,12-15H2,1-2H3,(H,25,28)/t19-,20?,21+,22-,23+/m0/s1. The normalized spacial score (nSPS) is 26.6. The monoisotopic (exact) mass is 512 g/mol. The second-order valence-corrected chi connectivity index (χ2v) is 11.3. The average Bonchev–Trinajstić information content (AvgIpc) is 3.58. The van der Waals surface area contributed by atoms with Crippen molar-refractivity contribution in [1.82, 2.24) is 9.79 Å². The number of nitrogens with one attached hydrogen (secondary N) is 1. The largest absolute Gasteiger partial charge is 0.443 e. The van der Waals surface area contributed by atoms with E-state index >= 15 is 0 Å². The highest BCUT2D eigenvalue weighted by atomic mass is 32.2. The molecule has 0 radical (unpaired) electrons. The number of hydrogen-bond donors (Lipinski definition) is 2. The van der Waals surface area contributed by atoms with Gasteiger partial charge in [-0.05, 0) is 44.7 Å². The molecule has 0 spiro atoms. The van der Waals surface area contributed by atoms with Crippen molar-refractivity contribution < 1.29 is 37.4 Å². The Morgan fingerprint density at radius 1 is 1.20 bits per heavy atom. The fourth-order valence-electron chi connectivity index (χ4n) is 4.81. The van der Waals surface area contributed by atoms with Gasteiger partial charge >= 0.3 is 6.09 Å². The van der Waals surface area contributed by atoms with E-state index in [1.165, 1.54) is 12.1 Å². The van der Waals surface area contributed by atoms with Crippen LogP contribution in [-0.4, -0.2) is 74.5 Å². The number of aryl methyl sites for hydroxylation is 1. The zero-order chi connectivity index (χ0) is 25.0. The first kappa shape index (κ1) is 26.3. The van der Waals surface area contributed by atoms with Gasteiger partial charge in [0, 0.05) is 0 Å². The van der Waals surface area contributed by atoms with Gasteiger partial charge in [0.15, 0.2) is 6.29 Å². The van der Waals surface area contributed by atoms with Crippen LogP contribution in [0.25, 0.3) is 0 Å². The minimum atomic E-state index is -4.02. The van der Waals surface area contributed by atoms with E-state index in [0.717, 1.165) is 42.1 Å². The Hall–Kier alpha value is -1.76. The van der Waals surface area contributed by atoms with Crippen LogP contribution in [0.3, 0.4) is 0 Å². The highest BCUT2D eigenvalue weighted by molar-refractivity contribution is 7.89. The number of benzene rings is 1. The highest BCUT2D eigenvalue weighted by Gasteiger charge is 2.44.